The number of pyridine rings is 1. The number of fused-ring (bicyclic) bond motifs is 2. The molecule has 2 aromatic carbocycles. The summed E-state index contributed by atoms with van der Waals surface area (Å²) in [5.41, 5.74) is 2.74. The third-order valence-corrected chi connectivity index (χ3v) is 5.56. The molecule has 134 valence electrons. The van der Waals surface area contributed by atoms with E-state index in [1.54, 1.807) is 0 Å². The summed E-state index contributed by atoms with van der Waals surface area (Å²) < 4.78 is 2.01. The molecule has 1 aromatic heterocycles. The number of piperidine rings is 1. The Morgan fingerprint density at radius 1 is 1.04 bits per heavy atom. The lowest BCUT2D eigenvalue weighted by atomic mass is 9.99. The second-order valence-corrected chi connectivity index (χ2v) is 7.52. The van der Waals surface area contributed by atoms with E-state index in [2.05, 4.69) is 6.92 Å². The fourth-order valence-electron chi connectivity index (χ4n) is 3.91. The summed E-state index contributed by atoms with van der Waals surface area (Å²) in [7, 11) is 0. The number of rotatable bonds is 2. The van der Waals surface area contributed by atoms with E-state index in [1.165, 1.54) is 0 Å². The van der Waals surface area contributed by atoms with Crippen LogP contribution in [0.4, 0.5) is 0 Å². The Hall–Kier alpha value is -2.62. The molecule has 1 aliphatic heterocycles. The molecule has 4 heteroatoms. The van der Waals surface area contributed by atoms with Crippen molar-refractivity contribution in [1.82, 2.24) is 9.47 Å². The summed E-state index contributed by atoms with van der Waals surface area (Å²) in [6.45, 7) is 6.16. The van der Waals surface area contributed by atoms with Gasteiger partial charge in [-0.2, -0.15) is 0 Å². The highest BCUT2D eigenvalue weighted by Crippen LogP contribution is 2.22. The average Bonchev–Trinajstić information content (AvgIpc) is 2.65. The number of benzene rings is 2. The minimum atomic E-state index is 0.0368. The van der Waals surface area contributed by atoms with Crippen LogP contribution in [0.3, 0.4) is 0 Å². The van der Waals surface area contributed by atoms with E-state index < -0.39 is 0 Å². The van der Waals surface area contributed by atoms with E-state index in [0.29, 0.717) is 16.7 Å². The number of nitrogens with zero attached hydrogens (tertiary/aromatic N) is 2. The monoisotopic (exact) mass is 348 g/mol. The molecule has 1 amide bonds. The maximum Gasteiger partial charge on any atom is 0.242 e. The van der Waals surface area contributed by atoms with Gasteiger partial charge in [-0.15, -0.1) is 0 Å². The van der Waals surface area contributed by atoms with Gasteiger partial charge in [0.15, 0.2) is 5.43 Å². The minimum absolute atomic E-state index is 0.0368. The first-order valence-electron chi connectivity index (χ1n) is 9.34. The van der Waals surface area contributed by atoms with Gasteiger partial charge in [0, 0.05) is 23.9 Å². The van der Waals surface area contributed by atoms with E-state index in [4.69, 9.17) is 0 Å². The average molecular weight is 348 g/mol. The van der Waals surface area contributed by atoms with Gasteiger partial charge in [-0.1, -0.05) is 30.7 Å². The molecule has 3 aromatic rings. The van der Waals surface area contributed by atoms with Crippen molar-refractivity contribution in [3.8, 4) is 0 Å². The first-order chi connectivity index (χ1) is 12.5. The van der Waals surface area contributed by atoms with Crippen LogP contribution in [-0.4, -0.2) is 28.5 Å². The largest absolute Gasteiger partial charge is 0.341 e. The van der Waals surface area contributed by atoms with E-state index in [9.17, 15) is 9.59 Å². The van der Waals surface area contributed by atoms with Crippen LogP contribution in [-0.2, 0) is 11.3 Å². The number of amides is 1. The minimum Gasteiger partial charge on any atom is -0.341 e. The smallest absolute Gasteiger partial charge is 0.242 e. The van der Waals surface area contributed by atoms with Crippen molar-refractivity contribution in [2.45, 2.75) is 33.2 Å². The van der Waals surface area contributed by atoms with Gasteiger partial charge in [-0.3, -0.25) is 9.59 Å². The fraction of sp³-hybridized carbons (Fsp3) is 0.364. The zero-order valence-electron chi connectivity index (χ0n) is 15.4. The van der Waals surface area contributed by atoms with Gasteiger partial charge in [-0.05, 0) is 49.9 Å². The molecule has 0 saturated carbocycles. The molecular weight excluding hydrogens is 324 g/mol. The maximum atomic E-state index is 12.9. The van der Waals surface area contributed by atoms with Crippen molar-refractivity contribution in [2.75, 3.05) is 13.1 Å². The van der Waals surface area contributed by atoms with Crippen molar-refractivity contribution in [3.05, 3.63) is 58.3 Å². The molecule has 0 spiro atoms. The number of para-hydroxylation sites is 1. The number of hydrogen-bond acceptors (Lipinski definition) is 2. The van der Waals surface area contributed by atoms with Crippen LogP contribution < -0.4 is 5.43 Å². The predicted molar refractivity (Wildman–Crippen MR) is 105 cm³/mol. The van der Waals surface area contributed by atoms with Crippen LogP contribution in [0.25, 0.3) is 21.8 Å². The van der Waals surface area contributed by atoms with Gasteiger partial charge in [0.1, 0.15) is 6.54 Å². The number of carbonyl (C=O) groups excluding carboxylic acids is 1. The van der Waals surface area contributed by atoms with Crippen molar-refractivity contribution in [2.24, 2.45) is 5.92 Å². The fourth-order valence-corrected chi connectivity index (χ4v) is 3.91. The molecule has 0 unspecified atom stereocenters. The Morgan fingerprint density at radius 2 is 1.73 bits per heavy atom. The van der Waals surface area contributed by atoms with Gasteiger partial charge < -0.3 is 9.47 Å². The van der Waals surface area contributed by atoms with Gasteiger partial charge in [0.25, 0.3) is 0 Å². The van der Waals surface area contributed by atoms with Crippen LogP contribution in [0, 0.1) is 12.8 Å². The number of aryl methyl sites for hydroxylation is 1. The van der Waals surface area contributed by atoms with E-state index in [0.717, 1.165) is 42.5 Å². The quantitative estimate of drug-likeness (QED) is 0.663. The molecule has 0 aliphatic carbocycles. The van der Waals surface area contributed by atoms with E-state index >= 15 is 0 Å². The highest BCUT2D eigenvalue weighted by molar-refractivity contribution is 5.95. The van der Waals surface area contributed by atoms with Crippen molar-refractivity contribution < 1.29 is 4.79 Å². The molecule has 4 rings (SSSR count). The summed E-state index contributed by atoms with van der Waals surface area (Å²) in [5, 5.41) is 1.36. The molecule has 0 atom stereocenters. The van der Waals surface area contributed by atoms with Gasteiger partial charge in [-0.25, -0.2) is 0 Å². The van der Waals surface area contributed by atoms with Crippen molar-refractivity contribution in [3.63, 3.8) is 0 Å². The van der Waals surface area contributed by atoms with E-state index in [1.807, 2.05) is 58.9 Å². The Kier molecular flexibility index (Phi) is 4.27. The third-order valence-electron chi connectivity index (χ3n) is 5.56. The molecule has 0 radical (unpaired) electrons. The molecule has 0 bridgehead atoms. The molecular formula is C22H24N2O2. The van der Waals surface area contributed by atoms with Gasteiger partial charge in [0.05, 0.1) is 11.0 Å². The summed E-state index contributed by atoms with van der Waals surface area (Å²) in [4.78, 5) is 27.8. The van der Waals surface area contributed by atoms with Gasteiger partial charge >= 0.3 is 0 Å². The molecule has 4 nitrogen and oxygen atoms in total. The van der Waals surface area contributed by atoms with Crippen molar-refractivity contribution >= 4 is 27.7 Å². The van der Waals surface area contributed by atoms with Crippen LogP contribution in [0.1, 0.15) is 25.3 Å². The van der Waals surface area contributed by atoms with Crippen molar-refractivity contribution in [1.29, 1.82) is 0 Å². The summed E-state index contributed by atoms with van der Waals surface area (Å²) in [5.74, 6) is 0.823. The number of hydrogen-bond donors (Lipinski definition) is 0. The zero-order valence-corrected chi connectivity index (χ0v) is 15.4. The lowest BCUT2D eigenvalue weighted by Gasteiger charge is -2.31. The SMILES string of the molecule is Cc1ccc2c(c1)c(=O)c1ccccc1n2CC(=O)N1CCC(C)CC1. The first-order valence-corrected chi connectivity index (χ1v) is 9.34. The molecule has 1 aliphatic rings. The number of likely N-dealkylation sites (tertiary alicyclic amines) is 1. The second kappa shape index (κ2) is 6.60. The Morgan fingerprint density at radius 3 is 2.50 bits per heavy atom. The lowest BCUT2D eigenvalue weighted by Crippen LogP contribution is -2.40. The third kappa shape index (κ3) is 2.90. The van der Waals surface area contributed by atoms with Crippen LogP contribution >= 0.6 is 0 Å². The number of carbonyl (C=O) groups is 1. The molecule has 26 heavy (non-hydrogen) atoms. The Balaban J connectivity index is 1.83. The van der Waals surface area contributed by atoms with Gasteiger partial charge in [0.2, 0.25) is 5.91 Å². The Bertz CT molecular complexity index is 1040. The summed E-state index contributed by atoms with van der Waals surface area (Å²) in [6.07, 6.45) is 2.13. The normalized spacial score (nSPS) is 15.7. The molecule has 0 N–H and O–H groups in total. The van der Waals surface area contributed by atoms with Crippen LogP contribution in [0.15, 0.2) is 47.3 Å². The topological polar surface area (TPSA) is 42.3 Å². The highest BCUT2D eigenvalue weighted by atomic mass is 16.2. The summed E-state index contributed by atoms with van der Waals surface area (Å²) >= 11 is 0. The molecule has 1 fully saturated rings. The second-order valence-electron chi connectivity index (χ2n) is 7.52. The molecule has 2 heterocycles. The van der Waals surface area contributed by atoms with Crippen LogP contribution in [0.5, 0.6) is 0 Å². The standard InChI is InChI=1S/C22H24N2O2/c1-15-9-11-23(12-10-15)21(25)14-24-19-6-4-3-5-17(19)22(26)18-13-16(2)7-8-20(18)24/h3-8,13,15H,9-12,14H2,1-2H3. The molecule has 1 saturated heterocycles. The van der Waals surface area contributed by atoms with E-state index in [-0.39, 0.29) is 17.9 Å². The Labute approximate surface area is 153 Å². The number of aromatic nitrogens is 1. The van der Waals surface area contributed by atoms with Crippen LogP contribution in [0.2, 0.25) is 0 Å². The first kappa shape index (κ1) is 16.8. The lowest BCUT2D eigenvalue weighted by molar-refractivity contribution is -0.133. The summed E-state index contributed by atoms with van der Waals surface area (Å²) in [6, 6.07) is 13.5. The maximum absolute atomic E-state index is 12.9. The predicted octanol–water partition coefficient (Wildman–Crippen LogP) is 3.72. The zero-order chi connectivity index (χ0) is 18.3. The highest BCUT2D eigenvalue weighted by Gasteiger charge is 2.21.